The number of likely N-dealkylation sites (N-methyl/N-ethyl adjacent to an activating group) is 1. The summed E-state index contributed by atoms with van der Waals surface area (Å²) in [6.45, 7) is 9.05. The summed E-state index contributed by atoms with van der Waals surface area (Å²) in [5.41, 5.74) is 3.19. The van der Waals surface area contributed by atoms with Gasteiger partial charge in [0.15, 0.2) is 0 Å². The average molecular weight is 436 g/mol. The molecule has 6 rings (SSSR count). The van der Waals surface area contributed by atoms with Gasteiger partial charge in [0.2, 0.25) is 0 Å². The second-order valence-electron chi connectivity index (χ2n) is 10.4. The van der Waals surface area contributed by atoms with Gasteiger partial charge in [-0.05, 0) is 68.4 Å². The van der Waals surface area contributed by atoms with Crippen molar-refractivity contribution in [2.75, 3.05) is 52.9 Å². The van der Waals surface area contributed by atoms with Crippen LogP contribution in [0.3, 0.4) is 0 Å². The number of aryl methyl sites for hydroxylation is 1. The molecule has 32 heavy (non-hydrogen) atoms. The van der Waals surface area contributed by atoms with E-state index >= 15 is 0 Å². The first-order chi connectivity index (χ1) is 15.6. The van der Waals surface area contributed by atoms with Crippen LogP contribution < -0.4 is 0 Å². The Morgan fingerprint density at radius 3 is 2.19 bits per heavy atom. The Morgan fingerprint density at radius 2 is 1.53 bits per heavy atom. The molecule has 2 unspecified atom stereocenters. The van der Waals surface area contributed by atoms with Gasteiger partial charge in [-0.3, -0.25) is 4.90 Å². The molecule has 0 aromatic heterocycles. The molecule has 174 valence electrons. The minimum Gasteiger partial charge on any atom is -0.385 e. The first kappa shape index (κ1) is 22.1. The lowest BCUT2D eigenvalue weighted by Gasteiger charge is -2.51. The Labute approximate surface area is 195 Å². The van der Waals surface area contributed by atoms with Crippen molar-refractivity contribution in [2.24, 2.45) is 11.8 Å². The predicted molar refractivity (Wildman–Crippen MR) is 133 cm³/mol. The Balaban J connectivity index is 0.00000259. The number of rotatable bonds is 7. The van der Waals surface area contributed by atoms with E-state index in [1.165, 1.54) is 37.1 Å². The van der Waals surface area contributed by atoms with Crippen LogP contribution in [0, 0.1) is 11.8 Å². The number of fused-ring (bicyclic) bond motifs is 3. The van der Waals surface area contributed by atoms with Crippen LogP contribution in [0.15, 0.2) is 54.6 Å². The molecule has 0 saturated carbocycles. The molecule has 0 amide bonds. The lowest BCUT2D eigenvalue weighted by Crippen LogP contribution is -2.55. The Kier molecular flexibility index (Phi) is 6.66. The molecule has 4 heteroatoms. The number of hydrogen-bond acceptors (Lipinski definition) is 4. The van der Waals surface area contributed by atoms with Gasteiger partial charge in [-0.1, -0.05) is 54.6 Å². The van der Waals surface area contributed by atoms with E-state index in [-0.39, 0.29) is 1.43 Å². The van der Waals surface area contributed by atoms with Crippen LogP contribution in [0.2, 0.25) is 0 Å². The van der Waals surface area contributed by atoms with Gasteiger partial charge in [0, 0.05) is 46.6 Å². The van der Waals surface area contributed by atoms with Gasteiger partial charge in [0.1, 0.15) is 0 Å². The smallest absolute Gasteiger partial charge is 0.0942 e. The highest BCUT2D eigenvalue weighted by molar-refractivity contribution is 5.30. The minimum absolute atomic E-state index is 0. The molecule has 0 spiro atoms. The number of aliphatic hydroxyl groups is 1. The van der Waals surface area contributed by atoms with Crippen LogP contribution in [0.5, 0.6) is 0 Å². The molecule has 4 fully saturated rings. The van der Waals surface area contributed by atoms with Crippen LogP contribution in [0.4, 0.5) is 0 Å². The molecule has 4 aliphatic heterocycles. The van der Waals surface area contributed by atoms with Crippen LogP contribution in [0.1, 0.15) is 37.4 Å². The summed E-state index contributed by atoms with van der Waals surface area (Å²) < 4.78 is 0. The number of benzene rings is 2. The van der Waals surface area contributed by atoms with Gasteiger partial charge in [0.05, 0.1) is 5.60 Å². The molecular formula is C28H41N3O. The molecule has 1 N–H and O–H groups in total. The van der Waals surface area contributed by atoms with Crippen molar-refractivity contribution in [1.29, 1.82) is 0 Å². The zero-order chi connectivity index (χ0) is 22.0. The number of nitrogens with zero attached hydrogens (tertiary/aromatic N) is 3. The summed E-state index contributed by atoms with van der Waals surface area (Å²) >= 11 is 0. The average Bonchev–Trinajstić information content (AvgIpc) is 2.86. The van der Waals surface area contributed by atoms with E-state index in [4.69, 9.17) is 0 Å². The van der Waals surface area contributed by atoms with Gasteiger partial charge in [-0.2, -0.15) is 0 Å². The standard InChI is InChI=1S/C28H39N3O.H2/c1-29-17-19-31(20-18-29)21-25-8-6-5-7-23(25)11-14-28(32,26-9-3-2-4-10-26)27-22-30-15-12-24(27)13-16-30;/h2-10,24,27,32H,11-22H2,1H3;1H. The van der Waals surface area contributed by atoms with E-state index in [2.05, 4.69) is 76.3 Å². The fourth-order valence-electron chi connectivity index (χ4n) is 6.30. The van der Waals surface area contributed by atoms with E-state index in [1.54, 1.807) is 0 Å². The van der Waals surface area contributed by atoms with Crippen LogP contribution in [-0.2, 0) is 18.6 Å². The van der Waals surface area contributed by atoms with Crippen molar-refractivity contribution in [2.45, 2.75) is 37.8 Å². The second kappa shape index (κ2) is 9.64. The molecule has 4 nitrogen and oxygen atoms in total. The summed E-state index contributed by atoms with van der Waals surface area (Å²) in [7, 11) is 2.21. The summed E-state index contributed by atoms with van der Waals surface area (Å²) in [6, 6.07) is 19.4. The largest absolute Gasteiger partial charge is 0.385 e. The molecule has 2 aromatic rings. The molecule has 2 bridgehead atoms. The Hall–Kier alpha value is -1.72. The summed E-state index contributed by atoms with van der Waals surface area (Å²) in [6.07, 6.45) is 4.20. The van der Waals surface area contributed by atoms with Gasteiger partial charge >= 0.3 is 0 Å². The highest BCUT2D eigenvalue weighted by atomic mass is 16.3. The third kappa shape index (κ3) is 4.65. The first-order valence-electron chi connectivity index (χ1n) is 12.6. The number of piperidine rings is 3. The molecule has 2 aromatic carbocycles. The zero-order valence-corrected chi connectivity index (χ0v) is 19.6. The third-order valence-electron chi connectivity index (χ3n) is 8.43. The highest BCUT2D eigenvalue weighted by Crippen LogP contribution is 2.45. The van der Waals surface area contributed by atoms with Crippen LogP contribution in [0.25, 0.3) is 0 Å². The third-order valence-corrected chi connectivity index (χ3v) is 8.43. The maximum Gasteiger partial charge on any atom is 0.0942 e. The second-order valence-corrected chi connectivity index (χ2v) is 10.4. The topological polar surface area (TPSA) is 30.0 Å². The Morgan fingerprint density at radius 1 is 0.875 bits per heavy atom. The van der Waals surface area contributed by atoms with Crippen molar-refractivity contribution in [1.82, 2.24) is 14.7 Å². The summed E-state index contributed by atoms with van der Waals surface area (Å²) in [4.78, 5) is 7.56. The fraction of sp³-hybridized carbons (Fsp3) is 0.571. The summed E-state index contributed by atoms with van der Waals surface area (Å²) in [5, 5.41) is 12.3. The Bertz CT molecular complexity index is 878. The van der Waals surface area contributed by atoms with Crippen LogP contribution >= 0.6 is 0 Å². The lowest BCUT2D eigenvalue weighted by atomic mass is 9.66. The number of piperazine rings is 1. The molecule has 4 heterocycles. The monoisotopic (exact) mass is 435 g/mol. The molecule has 4 saturated heterocycles. The number of hydrogen-bond donors (Lipinski definition) is 1. The SMILES string of the molecule is CN1CCN(Cc2ccccc2CCC(O)(c2ccccc2)C2CN3CCC2CC3)CC1.[HH]. The van der Waals surface area contributed by atoms with E-state index < -0.39 is 5.60 Å². The van der Waals surface area contributed by atoms with Gasteiger partial charge in [-0.15, -0.1) is 0 Å². The maximum atomic E-state index is 12.3. The molecule has 0 radical (unpaired) electrons. The van der Waals surface area contributed by atoms with Gasteiger partial charge in [-0.25, -0.2) is 0 Å². The zero-order valence-electron chi connectivity index (χ0n) is 19.6. The van der Waals surface area contributed by atoms with E-state index in [1.807, 2.05) is 0 Å². The van der Waals surface area contributed by atoms with Crippen molar-refractivity contribution < 1.29 is 6.53 Å². The maximum absolute atomic E-state index is 12.3. The normalized spacial score (nSPS) is 28.5. The predicted octanol–water partition coefficient (Wildman–Crippen LogP) is 3.84. The molecule has 2 atom stereocenters. The summed E-state index contributed by atoms with van der Waals surface area (Å²) in [5.74, 6) is 0.975. The molecule has 0 aliphatic carbocycles. The lowest BCUT2D eigenvalue weighted by molar-refractivity contribution is -0.106. The minimum atomic E-state index is -0.758. The van der Waals surface area contributed by atoms with E-state index in [9.17, 15) is 5.11 Å². The van der Waals surface area contributed by atoms with E-state index in [0.717, 1.165) is 57.7 Å². The molecule has 4 aliphatic rings. The van der Waals surface area contributed by atoms with Crippen molar-refractivity contribution >= 4 is 0 Å². The highest BCUT2D eigenvalue weighted by Gasteiger charge is 2.47. The van der Waals surface area contributed by atoms with Gasteiger partial charge in [0.25, 0.3) is 0 Å². The quantitative estimate of drug-likeness (QED) is 0.716. The first-order valence-corrected chi connectivity index (χ1v) is 12.6. The fourth-order valence-corrected chi connectivity index (χ4v) is 6.30. The molecular weight excluding hydrogens is 394 g/mol. The van der Waals surface area contributed by atoms with Crippen molar-refractivity contribution in [3.8, 4) is 0 Å². The van der Waals surface area contributed by atoms with Crippen molar-refractivity contribution in [3.63, 3.8) is 0 Å². The van der Waals surface area contributed by atoms with E-state index in [0.29, 0.717) is 11.8 Å². The van der Waals surface area contributed by atoms with Gasteiger partial charge < -0.3 is 14.9 Å². The van der Waals surface area contributed by atoms with Crippen molar-refractivity contribution in [3.05, 3.63) is 71.3 Å². The van der Waals surface area contributed by atoms with Crippen LogP contribution in [-0.4, -0.2) is 72.7 Å².